The lowest BCUT2D eigenvalue weighted by Crippen LogP contribution is -2.48. The molecule has 0 atom stereocenters. The minimum atomic E-state index is -0.168. The minimum absolute atomic E-state index is 0.168. The number of anilines is 3. The summed E-state index contributed by atoms with van der Waals surface area (Å²) < 4.78 is 0. The third kappa shape index (κ3) is 7.42. The monoisotopic (exact) mass is 510 g/mol. The Labute approximate surface area is 223 Å². The molecule has 0 radical (unpaired) electrons. The number of hydrazine groups is 1. The fourth-order valence-electron chi connectivity index (χ4n) is 3.98. The predicted octanol–water partition coefficient (Wildman–Crippen LogP) is 4.39. The number of benzene rings is 2. The second-order valence-electron chi connectivity index (χ2n) is 9.17. The van der Waals surface area contributed by atoms with Gasteiger partial charge in [-0.2, -0.15) is 0 Å². The highest BCUT2D eigenvalue weighted by Gasteiger charge is 2.15. The Kier molecular flexibility index (Phi) is 9.10. The van der Waals surface area contributed by atoms with Crippen LogP contribution in [0.3, 0.4) is 0 Å². The summed E-state index contributed by atoms with van der Waals surface area (Å²) in [4.78, 5) is 28.3. The van der Waals surface area contributed by atoms with Gasteiger partial charge in [0.05, 0.1) is 5.69 Å². The smallest absolute Gasteiger partial charge is 0.255 e. The lowest BCUT2D eigenvalue weighted by Gasteiger charge is -2.31. The first-order chi connectivity index (χ1) is 18.4. The number of rotatable bonds is 9. The Hall–Kier alpha value is -4.18. The maximum Gasteiger partial charge on any atom is 0.255 e. The number of nitrogens with one attached hydrogen (secondary N) is 2. The summed E-state index contributed by atoms with van der Waals surface area (Å²) in [6, 6.07) is 15.2. The van der Waals surface area contributed by atoms with Crippen molar-refractivity contribution in [2.75, 3.05) is 36.8 Å². The topological polar surface area (TPSA) is 112 Å². The summed E-state index contributed by atoms with van der Waals surface area (Å²) in [5.74, 6) is 6.10. The normalized spacial score (nSPS) is 14.7. The number of nitrogens with two attached hydrogens (primary N) is 1. The molecule has 0 bridgehead atoms. The molecule has 3 aromatic rings. The molecule has 1 amide bonds. The van der Waals surface area contributed by atoms with Gasteiger partial charge in [0.1, 0.15) is 0 Å². The second kappa shape index (κ2) is 12.9. The van der Waals surface area contributed by atoms with Gasteiger partial charge in [-0.1, -0.05) is 30.9 Å². The van der Waals surface area contributed by atoms with Crippen LogP contribution in [0, 0.1) is 6.92 Å². The van der Waals surface area contributed by atoms with Crippen molar-refractivity contribution in [1.29, 1.82) is 0 Å². The number of aliphatic imine (C=N–C) groups is 1. The number of carbonyl (C=O) groups is 1. The molecule has 1 fully saturated rings. The minimum Gasteiger partial charge on any atom is -0.324 e. The molecule has 2 aromatic carbocycles. The van der Waals surface area contributed by atoms with E-state index in [0.29, 0.717) is 28.5 Å². The third-order valence-electron chi connectivity index (χ3n) is 6.22. The molecular weight excluding hydrogens is 476 g/mol. The van der Waals surface area contributed by atoms with Crippen molar-refractivity contribution in [3.63, 3.8) is 0 Å². The zero-order chi connectivity index (χ0) is 26.9. The van der Waals surface area contributed by atoms with Crippen LogP contribution in [-0.2, 0) is 6.54 Å². The molecular formula is C29H34N8O. The van der Waals surface area contributed by atoms with Crippen molar-refractivity contribution < 1.29 is 4.79 Å². The summed E-state index contributed by atoms with van der Waals surface area (Å²) in [6.07, 6.45) is 6.85. The molecule has 0 aliphatic carbocycles. The lowest BCUT2D eigenvalue weighted by atomic mass is 10.1. The number of hydrogen-bond donors (Lipinski definition) is 3. The van der Waals surface area contributed by atoms with Gasteiger partial charge in [0.25, 0.3) is 5.91 Å². The molecule has 2 heterocycles. The zero-order valence-corrected chi connectivity index (χ0v) is 21.9. The highest BCUT2D eigenvalue weighted by molar-refractivity contribution is 6.08. The molecule has 9 nitrogen and oxygen atoms in total. The fourth-order valence-corrected chi connectivity index (χ4v) is 3.98. The second-order valence-corrected chi connectivity index (χ2v) is 9.17. The molecule has 4 N–H and O–H groups in total. The van der Waals surface area contributed by atoms with Crippen LogP contribution < -0.4 is 16.5 Å². The van der Waals surface area contributed by atoms with Crippen LogP contribution in [0.25, 0.3) is 5.57 Å². The molecule has 0 spiro atoms. The Morgan fingerprint density at radius 3 is 2.63 bits per heavy atom. The van der Waals surface area contributed by atoms with E-state index in [2.05, 4.69) is 37.1 Å². The number of allylic oxidation sites excluding steroid dienone is 2. The standard InChI is InChI=1S/C29H34N8O/c1-4-12-31-19-22(3)26-11-13-32-29(34-26)35-27-18-25(10-5-21(27)2)33-28(38)24-8-6-23(7-9-24)20-36-14-16-37(30)17-15-36/h4-13,18-19H,3,14-17,20,30H2,1-2H3,(H,33,38)(H,32,34,35)/b12-4-,31-19?. The zero-order valence-electron chi connectivity index (χ0n) is 21.9. The fraction of sp³-hybridized carbons (Fsp3) is 0.241. The Bertz CT molecular complexity index is 1320. The van der Waals surface area contributed by atoms with Gasteiger partial charge in [0, 0.05) is 73.8 Å². The summed E-state index contributed by atoms with van der Waals surface area (Å²) in [7, 11) is 0. The molecule has 1 saturated heterocycles. The molecule has 4 rings (SSSR count). The first-order valence-electron chi connectivity index (χ1n) is 12.6. The van der Waals surface area contributed by atoms with Crippen LogP contribution in [0.15, 0.2) is 78.6 Å². The Balaban J connectivity index is 1.39. The lowest BCUT2D eigenvalue weighted by molar-refractivity contribution is 0.102. The van der Waals surface area contributed by atoms with E-state index in [0.717, 1.165) is 44.0 Å². The van der Waals surface area contributed by atoms with Gasteiger partial charge in [0.15, 0.2) is 0 Å². The van der Waals surface area contributed by atoms with Crippen LogP contribution >= 0.6 is 0 Å². The van der Waals surface area contributed by atoms with Crippen LogP contribution in [0.5, 0.6) is 0 Å². The average molecular weight is 511 g/mol. The van der Waals surface area contributed by atoms with Gasteiger partial charge < -0.3 is 10.6 Å². The van der Waals surface area contributed by atoms with Crippen LogP contribution in [-0.4, -0.2) is 58.2 Å². The number of aromatic nitrogens is 2. The molecule has 0 unspecified atom stereocenters. The molecule has 1 aromatic heterocycles. The van der Waals surface area contributed by atoms with Crippen LogP contribution in [0.4, 0.5) is 17.3 Å². The summed E-state index contributed by atoms with van der Waals surface area (Å²) in [5, 5.41) is 8.08. The van der Waals surface area contributed by atoms with Gasteiger partial charge in [0.2, 0.25) is 5.95 Å². The first kappa shape index (κ1) is 26.9. The van der Waals surface area contributed by atoms with E-state index in [1.165, 1.54) is 5.56 Å². The highest BCUT2D eigenvalue weighted by atomic mass is 16.1. The first-order valence-corrected chi connectivity index (χ1v) is 12.6. The average Bonchev–Trinajstić information content (AvgIpc) is 2.92. The van der Waals surface area contributed by atoms with Crippen molar-refractivity contribution >= 4 is 35.0 Å². The number of carbonyl (C=O) groups excluding carboxylic acids is 1. The molecule has 1 aliphatic heterocycles. The van der Waals surface area contributed by atoms with Gasteiger partial charge >= 0.3 is 0 Å². The number of hydrogen-bond acceptors (Lipinski definition) is 8. The van der Waals surface area contributed by atoms with Gasteiger partial charge in [-0.3, -0.25) is 20.5 Å². The maximum atomic E-state index is 12.9. The molecule has 1 aliphatic rings. The summed E-state index contributed by atoms with van der Waals surface area (Å²) in [6.45, 7) is 12.4. The number of amides is 1. The summed E-state index contributed by atoms with van der Waals surface area (Å²) in [5.41, 5.74) is 5.58. The maximum absolute atomic E-state index is 12.9. The highest BCUT2D eigenvalue weighted by Crippen LogP contribution is 2.24. The summed E-state index contributed by atoms with van der Waals surface area (Å²) >= 11 is 0. The molecule has 9 heteroatoms. The van der Waals surface area contributed by atoms with Crippen LogP contribution in [0.1, 0.15) is 34.1 Å². The largest absolute Gasteiger partial charge is 0.324 e. The predicted molar refractivity (Wildman–Crippen MR) is 154 cm³/mol. The molecule has 38 heavy (non-hydrogen) atoms. The van der Waals surface area contributed by atoms with Gasteiger partial charge in [-0.15, -0.1) is 0 Å². The van der Waals surface area contributed by atoms with Crippen molar-refractivity contribution in [1.82, 2.24) is 19.9 Å². The van der Waals surface area contributed by atoms with E-state index in [-0.39, 0.29) is 5.91 Å². The van der Waals surface area contributed by atoms with E-state index < -0.39 is 0 Å². The third-order valence-corrected chi connectivity index (χ3v) is 6.22. The molecule has 0 saturated carbocycles. The quantitative estimate of drug-likeness (QED) is 0.289. The Morgan fingerprint density at radius 1 is 1.13 bits per heavy atom. The number of piperazine rings is 1. The number of aryl methyl sites for hydroxylation is 1. The van der Waals surface area contributed by atoms with Crippen molar-refractivity contribution in [2.45, 2.75) is 20.4 Å². The van der Waals surface area contributed by atoms with Gasteiger partial charge in [-0.25, -0.2) is 15.0 Å². The van der Waals surface area contributed by atoms with Crippen molar-refractivity contribution in [2.24, 2.45) is 10.8 Å². The van der Waals surface area contributed by atoms with E-state index in [1.807, 2.05) is 67.4 Å². The Morgan fingerprint density at radius 2 is 1.89 bits per heavy atom. The van der Waals surface area contributed by atoms with Crippen molar-refractivity contribution in [3.05, 3.63) is 96.0 Å². The SMILES string of the molecule is C=C(C=N/C=C\C)c1ccnc(Nc2cc(NC(=O)c3ccc(CN4CCN(N)CC4)cc3)ccc2C)n1. The van der Waals surface area contributed by atoms with E-state index >= 15 is 0 Å². The van der Waals surface area contributed by atoms with E-state index in [1.54, 1.807) is 24.7 Å². The molecule has 196 valence electrons. The van der Waals surface area contributed by atoms with E-state index in [9.17, 15) is 4.79 Å². The van der Waals surface area contributed by atoms with Gasteiger partial charge in [-0.05, 0) is 55.3 Å². The number of nitrogens with zero attached hydrogens (tertiary/aromatic N) is 5. The van der Waals surface area contributed by atoms with Crippen LogP contribution in [0.2, 0.25) is 0 Å². The van der Waals surface area contributed by atoms with E-state index in [4.69, 9.17) is 5.84 Å². The van der Waals surface area contributed by atoms with Crippen molar-refractivity contribution in [3.8, 4) is 0 Å².